The molecule has 1 N–H and O–H groups in total. The molecule has 2 nitrogen and oxygen atoms in total. The Kier molecular flexibility index (Phi) is 3.45. The molecule has 0 aromatic rings. The van der Waals surface area contributed by atoms with E-state index in [0.717, 1.165) is 30.0 Å². The van der Waals surface area contributed by atoms with Crippen molar-refractivity contribution in [2.45, 2.75) is 70.0 Å². The smallest absolute Gasteiger partial charge is 0.00988 e. The molecule has 3 fully saturated rings. The fourth-order valence-corrected chi connectivity index (χ4v) is 4.46. The van der Waals surface area contributed by atoms with Gasteiger partial charge in [0.05, 0.1) is 0 Å². The van der Waals surface area contributed by atoms with Crippen molar-refractivity contribution in [2.75, 3.05) is 13.6 Å². The van der Waals surface area contributed by atoms with E-state index in [0.29, 0.717) is 0 Å². The molecule has 17 heavy (non-hydrogen) atoms. The number of nitrogens with one attached hydrogen (secondary N) is 1. The first-order valence-electron chi connectivity index (χ1n) is 7.69. The quantitative estimate of drug-likeness (QED) is 0.810. The summed E-state index contributed by atoms with van der Waals surface area (Å²) in [6.45, 7) is 3.71. The Labute approximate surface area is 106 Å². The lowest BCUT2D eigenvalue weighted by molar-refractivity contribution is 0.130. The Morgan fingerprint density at radius 2 is 1.76 bits per heavy atom. The zero-order chi connectivity index (χ0) is 11.8. The molecule has 1 aliphatic carbocycles. The van der Waals surface area contributed by atoms with E-state index in [1.165, 1.54) is 51.5 Å². The van der Waals surface area contributed by atoms with Crippen molar-refractivity contribution >= 4 is 0 Å². The van der Waals surface area contributed by atoms with Gasteiger partial charge < -0.3 is 10.2 Å². The molecule has 4 unspecified atom stereocenters. The summed E-state index contributed by atoms with van der Waals surface area (Å²) in [4.78, 5) is 2.65. The highest BCUT2D eigenvalue weighted by Crippen LogP contribution is 2.37. The lowest BCUT2D eigenvalue weighted by atomic mass is 9.90. The monoisotopic (exact) mass is 236 g/mol. The van der Waals surface area contributed by atoms with Crippen molar-refractivity contribution in [3.63, 3.8) is 0 Å². The molecule has 0 aromatic carbocycles. The largest absolute Gasteiger partial charge is 0.313 e. The van der Waals surface area contributed by atoms with Gasteiger partial charge in [-0.2, -0.15) is 0 Å². The predicted octanol–water partition coefficient (Wildman–Crippen LogP) is 2.64. The number of piperidine rings is 1. The van der Waals surface area contributed by atoms with Gasteiger partial charge in [-0.15, -0.1) is 0 Å². The number of rotatable bonds is 3. The van der Waals surface area contributed by atoms with Crippen LogP contribution in [0.4, 0.5) is 0 Å². The molecule has 3 rings (SSSR count). The molecule has 3 aliphatic rings. The third-order valence-corrected chi connectivity index (χ3v) is 5.73. The summed E-state index contributed by atoms with van der Waals surface area (Å²) in [5.74, 6) is 1.87. The summed E-state index contributed by atoms with van der Waals surface area (Å²) in [5.41, 5.74) is 0. The van der Waals surface area contributed by atoms with Crippen LogP contribution in [-0.4, -0.2) is 36.6 Å². The van der Waals surface area contributed by atoms with E-state index in [9.17, 15) is 0 Å². The van der Waals surface area contributed by atoms with Crippen molar-refractivity contribution < 1.29 is 0 Å². The lowest BCUT2D eigenvalue weighted by Gasteiger charge is -2.37. The Morgan fingerprint density at radius 3 is 2.35 bits per heavy atom. The van der Waals surface area contributed by atoms with Gasteiger partial charge in [0.1, 0.15) is 0 Å². The fourth-order valence-electron chi connectivity index (χ4n) is 4.46. The highest BCUT2D eigenvalue weighted by atomic mass is 15.2. The van der Waals surface area contributed by atoms with Crippen LogP contribution in [0.2, 0.25) is 0 Å². The van der Waals surface area contributed by atoms with E-state index in [1.807, 2.05) is 0 Å². The van der Waals surface area contributed by atoms with E-state index in [2.05, 4.69) is 24.2 Å². The number of hydrogen-bond acceptors (Lipinski definition) is 2. The molecule has 2 heterocycles. The summed E-state index contributed by atoms with van der Waals surface area (Å²) < 4.78 is 0. The summed E-state index contributed by atoms with van der Waals surface area (Å²) in [6.07, 6.45) is 10.1. The van der Waals surface area contributed by atoms with Gasteiger partial charge >= 0.3 is 0 Å². The first-order chi connectivity index (χ1) is 8.24. The van der Waals surface area contributed by atoms with Crippen LogP contribution in [-0.2, 0) is 0 Å². The number of fused-ring (bicyclic) bond motifs is 2. The van der Waals surface area contributed by atoms with Gasteiger partial charge in [0, 0.05) is 18.1 Å². The second kappa shape index (κ2) is 4.89. The molecule has 98 valence electrons. The average Bonchev–Trinajstić information content (AvgIpc) is 2.78. The highest BCUT2D eigenvalue weighted by molar-refractivity contribution is 4.94. The van der Waals surface area contributed by atoms with Crippen LogP contribution < -0.4 is 5.32 Å². The minimum absolute atomic E-state index is 0.826. The van der Waals surface area contributed by atoms with Crippen LogP contribution in [0.3, 0.4) is 0 Å². The maximum Gasteiger partial charge on any atom is 0.00988 e. The third-order valence-electron chi connectivity index (χ3n) is 5.73. The van der Waals surface area contributed by atoms with E-state index in [1.54, 1.807) is 0 Å². The Morgan fingerprint density at radius 1 is 1.06 bits per heavy atom. The molecular formula is C15H28N2. The van der Waals surface area contributed by atoms with Crippen molar-refractivity contribution in [2.24, 2.45) is 11.8 Å². The van der Waals surface area contributed by atoms with Crippen LogP contribution in [0.25, 0.3) is 0 Å². The summed E-state index contributed by atoms with van der Waals surface area (Å²) in [7, 11) is 2.34. The minimum atomic E-state index is 0.826. The Balaban J connectivity index is 1.47. The molecule has 1 saturated carbocycles. The number of nitrogens with zero attached hydrogens (tertiary/aromatic N) is 1. The van der Waals surface area contributed by atoms with Crippen LogP contribution in [0.5, 0.6) is 0 Å². The van der Waals surface area contributed by atoms with Gasteiger partial charge in [0.25, 0.3) is 0 Å². The second-order valence-corrected chi connectivity index (χ2v) is 6.81. The van der Waals surface area contributed by atoms with Crippen LogP contribution in [0.15, 0.2) is 0 Å². The molecule has 2 aliphatic heterocycles. The first-order valence-corrected chi connectivity index (χ1v) is 7.69. The van der Waals surface area contributed by atoms with Crippen LogP contribution in [0, 0.1) is 11.8 Å². The van der Waals surface area contributed by atoms with E-state index < -0.39 is 0 Å². The van der Waals surface area contributed by atoms with Crippen LogP contribution in [0.1, 0.15) is 51.9 Å². The highest BCUT2D eigenvalue weighted by Gasteiger charge is 2.38. The molecule has 0 aromatic heterocycles. The van der Waals surface area contributed by atoms with Gasteiger partial charge in [-0.1, -0.05) is 13.3 Å². The molecular weight excluding hydrogens is 208 g/mol. The van der Waals surface area contributed by atoms with E-state index in [4.69, 9.17) is 0 Å². The van der Waals surface area contributed by atoms with Gasteiger partial charge in [-0.25, -0.2) is 0 Å². The van der Waals surface area contributed by atoms with Crippen LogP contribution >= 0.6 is 0 Å². The first kappa shape index (κ1) is 12.0. The van der Waals surface area contributed by atoms with Crippen molar-refractivity contribution in [1.29, 1.82) is 0 Å². The standard InChI is InChI=1S/C15H28N2/c1-11-4-3-5-15(11)16-10-12-8-13-6-7-14(9-12)17(13)2/h11-16H,3-10H2,1-2H3. The summed E-state index contributed by atoms with van der Waals surface area (Å²) in [6, 6.07) is 2.63. The van der Waals surface area contributed by atoms with Gasteiger partial charge in [-0.05, 0) is 64.0 Å². The van der Waals surface area contributed by atoms with Gasteiger partial charge in [-0.3, -0.25) is 0 Å². The summed E-state index contributed by atoms with van der Waals surface area (Å²) in [5, 5.41) is 3.87. The minimum Gasteiger partial charge on any atom is -0.313 e. The normalized spacial score (nSPS) is 46.6. The van der Waals surface area contributed by atoms with Crippen molar-refractivity contribution in [3.8, 4) is 0 Å². The molecule has 0 amide bonds. The molecule has 2 heteroatoms. The Hall–Kier alpha value is -0.0800. The molecule has 2 saturated heterocycles. The third kappa shape index (κ3) is 2.39. The molecule has 0 spiro atoms. The average molecular weight is 236 g/mol. The molecule has 0 radical (unpaired) electrons. The lowest BCUT2D eigenvalue weighted by Crippen LogP contribution is -2.44. The van der Waals surface area contributed by atoms with E-state index in [-0.39, 0.29) is 0 Å². The van der Waals surface area contributed by atoms with Gasteiger partial charge in [0.15, 0.2) is 0 Å². The number of hydrogen-bond donors (Lipinski definition) is 1. The van der Waals surface area contributed by atoms with Gasteiger partial charge in [0.2, 0.25) is 0 Å². The molecule has 4 atom stereocenters. The van der Waals surface area contributed by atoms with Crippen molar-refractivity contribution in [1.82, 2.24) is 10.2 Å². The summed E-state index contributed by atoms with van der Waals surface area (Å²) >= 11 is 0. The maximum atomic E-state index is 3.87. The molecule has 2 bridgehead atoms. The predicted molar refractivity (Wildman–Crippen MR) is 72.1 cm³/mol. The SMILES string of the molecule is CC1CCCC1NCC1CC2CCC(C1)N2C. The maximum absolute atomic E-state index is 3.87. The Bertz CT molecular complexity index is 252. The second-order valence-electron chi connectivity index (χ2n) is 6.81. The zero-order valence-corrected chi connectivity index (χ0v) is 11.5. The van der Waals surface area contributed by atoms with E-state index >= 15 is 0 Å². The fraction of sp³-hybridized carbons (Fsp3) is 1.00. The zero-order valence-electron chi connectivity index (χ0n) is 11.5. The van der Waals surface area contributed by atoms with Crippen molar-refractivity contribution in [3.05, 3.63) is 0 Å². The topological polar surface area (TPSA) is 15.3 Å².